The third-order valence-corrected chi connectivity index (χ3v) is 4.18. The Balaban J connectivity index is 1.86. The van der Waals surface area contributed by atoms with Gasteiger partial charge in [-0.05, 0) is 25.3 Å². The number of amides is 2. The predicted octanol–water partition coefficient (Wildman–Crippen LogP) is 1.28. The summed E-state index contributed by atoms with van der Waals surface area (Å²) in [6.45, 7) is 12.2. The van der Waals surface area contributed by atoms with Gasteiger partial charge >= 0.3 is 0 Å². The van der Waals surface area contributed by atoms with Crippen LogP contribution in [0.5, 0.6) is 0 Å². The molecule has 7 heteroatoms. The van der Waals surface area contributed by atoms with Crippen molar-refractivity contribution in [2.24, 2.45) is 5.92 Å². The van der Waals surface area contributed by atoms with E-state index in [9.17, 15) is 9.59 Å². The molecule has 7 nitrogen and oxygen atoms in total. The minimum Gasteiger partial charge on any atom is -0.353 e. The summed E-state index contributed by atoms with van der Waals surface area (Å²) in [4.78, 5) is 25.4. The van der Waals surface area contributed by atoms with Gasteiger partial charge in [-0.2, -0.15) is 5.10 Å². The van der Waals surface area contributed by atoms with Crippen molar-refractivity contribution in [2.45, 2.75) is 66.2 Å². The molecule has 0 unspecified atom stereocenters. The van der Waals surface area contributed by atoms with Gasteiger partial charge in [-0.3, -0.25) is 19.2 Å². The Morgan fingerprint density at radius 2 is 2.04 bits per heavy atom. The minimum atomic E-state index is -0.166. The molecule has 2 heterocycles. The molecule has 0 bridgehead atoms. The van der Waals surface area contributed by atoms with Crippen LogP contribution in [0.4, 0.5) is 0 Å². The van der Waals surface area contributed by atoms with Crippen molar-refractivity contribution in [3.05, 3.63) is 17.5 Å². The van der Waals surface area contributed by atoms with Crippen molar-refractivity contribution in [1.29, 1.82) is 0 Å². The van der Waals surface area contributed by atoms with Crippen LogP contribution in [0.3, 0.4) is 0 Å². The zero-order valence-corrected chi connectivity index (χ0v) is 15.8. The fourth-order valence-corrected chi connectivity index (χ4v) is 3.28. The zero-order chi connectivity index (χ0) is 18.4. The second-order valence-corrected chi connectivity index (χ2v) is 7.42. The van der Waals surface area contributed by atoms with E-state index in [-0.39, 0.29) is 24.3 Å². The number of fused-ring (bicyclic) bond motifs is 1. The molecule has 2 rings (SSSR count). The summed E-state index contributed by atoms with van der Waals surface area (Å²) in [5.41, 5.74) is 2.11. The Labute approximate surface area is 150 Å². The molecule has 1 aliphatic heterocycles. The van der Waals surface area contributed by atoms with Gasteiger partial charge in [0, 0.05) is 45.6 Å². The van der Waals surface area contributed by atoms with Crippen molar-refractivity contribution < 1.29 is 9.59 Å². The maximum Gasteiger partial charge on any atom is 0.222 e. The highest BCUT2D eigenvalue weighted by Crippen LogP contribution is 2.15. The monoisotopic (exact) mass is 349 g/mol. The van der Waals surface area contributed by atoms with Gasteiger partial charge in [0.05, 0.1) is 17.9 Å². The normalized spacial score (nSPS) is 16.2. The molecule has 0 aromatic carbocycles. The summed E-state index contributed by atoms with van der Waals surface area (Å²) in [6.07, 6.45) is 1.37. The van der Waals surface area contributed by atoms with Gasteiger partial charge in [0.15, 0.2) is 0 Å². The van der Waals surface area contributed by atoms with E-state index in [1.54, 1.807) is 0 Å². The molecule has 0 spiro atoms. The summed E-state index contributed by atoms with van der Waals surface area (Å²) >= 11 is 0. The number of carbonyl (C=O) groups is 2. The maximum absolute atomic E-state index is 12.0. The summed E-state index contributed by atoms with van der Waals surface area (Å²) in [6, 6.07) is 1.93. The van der Waals surface area contributed by atoms with E-state index in [1.165, 1.54) is 12.6 Å². The van der Waals surface area contributed by atoms with E-state index < -0.39 is 0 Å². The highest BCUT2D eigenvalue weighted by molar-refractivity contribution is 5.78. The Morgan fingerprint density at radius 3 is 2.72 bits per heavy atom. The highest BCUT2D eigenvalue weighted by atomic mass is 16.2. The van der Waals surface area contributed by atoms with Crippen molar-refractivity contribution in [2.75, 3.05) is 13.1 Å². The average Bonchev–Trinajstić information content (AvgIpc) is 2.76. The van der Waals surface area contributed by atoms with Gasteiger partial charge in [0.2, 0.25) is 11.8 Å². The number of hydrogen-bond acceptors (Lipinski definition) is 4. The summed E-state index contributed by atoms with van der Waals surface area (Å²) < 4.78 is 2.07. The van der Waals surface area contributed by atoms with Gasteiger partial charge in [0.25, 0.3) is 0 Å². The van der Waals surface area contributed by atoms with Crippen LogP contribution in [-0.4, -0.2) is 45.6 Å². The lowest BCUT2D eigenvalue weighted by atomic mass is 10.2. The van der Waals surface area contributed by atoms with Crippen LogP contribution in [0, 0.1) is 5.92 Å². The fraction of sp³-hybridized carbons (Fsp3) is 0.722. The molecule has 2 N–H and O–H groups in total. The van der Waals surface area contributed by atoms with E-state index in [0.29, 0.717) is 12.5 Å². The predicted molar refractivity (Wildman–Crippen MR) is 96.7 cm³/mol. The summed E-state index contributed by atoms with van der Waals surface area (Å²) in [5, 5.41) is 10.2. The molecule has 0 saturated heterocycles. The maximum atomic E-state index is 12.0. The topological polar surface area (TPSA) is 79.3 Å². The first-order valence-corrected chi connectivity index (χ1v) is 9.15. The Kier molecular flexibility index (Phi) is 6.99. The molecule has 0 fully saturated rings. The van der Waals surface area contributed by atoms with Gasteiger partial charge in [-0.15, -0.1) is 0 Å². The average molecular weight is 349 g/mol. The number of aryl methyl sites for hydroxylation is 1. The van der Waals surface area contributed by atoms with E-state index in [0.717, 1.165) is 38.3 Å². The molecule has 0 radical (unpaired) electrons. The number of nitrogens with one attached hydrogen (secondary N) is 2. The van der Waals surface area contributed by atoms with Gasteiger partial charge < -0.3 is 10.6 Å². The van der Waals surface area contributed by atoms with Crippen molar-refractivity contribution >= 4 is 11.8 Å². The Bertz CT molecular complexity index is 596. The lowest BCUT2D eigenvalue weighted by molar-refractivity contribution is -0.122. The first-order chi connectivity index (χ1) is 11.8. The van der Waals surface area contributed by atoms with Gasteiger partial charge in [-0.25, -0.2) is 0 Å². The van der Waals surface area contributed by atoms with Crippen molar-refractivity contribution in [1.82, 2.24) is 25.3 Å². The smallest absolute Gasteiger partial charge is 0.222 e. The summed E-state index contributed by atoms with van der Waals surface area (Å²) in [5.74, 6) is 0.453. The van der Waals surface area contributed by atoms with Crippen LogP contribution in [-0.2, 0) is 29.2 Å². The zero-order valence-electron chi connectivity index (χ0n) is 15.8. The number of nitrogens with zero attached hydrogens (tertiary/aromatic N) is 3. The van der Waals surface area contributed by atoms with Crippen LogP contribution in [0.25, 0.3) is 0 Å². The molecule has 0 aliphatic carbocycles. The van der Waals surface area contributed by atoms with E-state index in [2.05, 4.69) is 45.2 Å². The second-order valence-electron chi connectivity index (χ2n) is 7.42. The van der Waals surface area contributed by atoms with Crippen molar-refractivity contribution in [3.63, 3.8) is 0 Å². The molecule has 1 atom stereocenters. The molecular weight excluding hydrogens is 318 g/mol. The van der Waals surface area contributed by atoms with Crippen LogP contribution >= 0.6 is 0 Å². The number of hydrogen-bond donors (Lipinski definition) is 2. The second kappa shape index (κ2) is 8.99. The number of carbonyl (C=O) groups excluding carboxylic acids is 2. The van der Waals surface area contributed by atoms with Crippen molar-refractivity contribution in [3.8, 4) is 0 Å². The quantitative estimate of drug-likeness (QED) is 0.777. The van der Waals surface area contributed by atoms with Crippen LogP contribution in [0.15, 0.2) is 6.07 Å². The van der Waals surface area contributed by atoms with E-state index in [4.69, 9.17) is 0 Å². The van der Waals surface area contributed by atoms with E-state index in [1.807, 2.05) is 6.92 Å². The lowest BCUT2D eigenvalue weighted by Crippen LogP contribution is -2.36. The molecule has 1 aromatic rings. The Hall–Kier alpha value is -1.89. The van der Waals surface area contributed by atoms with Crippen LogP contribution in [0.2, 0.25) is 0 Å². The number of aromatic nitrogens is 2. The highest BCUT2D eigenvalue weighted by Gasteiger charge is 2.17. The molecule has 140 valence electrons. The third kappa shape index (κ3) is 6.49. The molecule has 2 amide bonds. The molecule has 25 heavy (non-hydrogen) atoms. The molecule has 0 saturated carbocycles. The molecule has 1 aromatic heterocycles. The van der Waals surface area contributed by atoms with Gasteiger partial charge in [-0.1, -0.05) is 13.8 Å². The first-order valence-electron chi connectivity index (χ1n) is 9.15. The Morgan fingerprint density at radius 1 is 1.28 bits per heavy atom. The minimum absolute atomic E-state index is 0.0779. The third-order valence-electron chi connectivity index (χ3n) is 4.18. The summed E-state index contributed by atoms with van der Waals surface area (Å²) in [7, 11) is 0. The molecule has 1 aliphatic rings. The van der Waals surface area contributed by atoms with E-state index >= 15 is 0 Å². The molecular formula is C18H31N5O2. The van der Waals surface area contributed by atoms with Crippen LogP contribution < -0.4 is 10.6 Å². The largest absolute Gasteiger partial charge is 0.353 e. The first kappa shape index (κ1) is 19.4. The lowest BCUT2D eigenvalue weighted by Gasteiger charge is -2.21. The fourth-order valence-electron chi connectivity index (χ4n) is 3.28. The SMILES string of the molecule is CC(=O)N[C@@H](C)CC(=O)NCc1cc2n(n1)CCCN(CC(C)C)C2. The standard InChI is InChI=1S/C18H31N5O2/c1-13(2)11-22-6-5-7-23-17(12-22)9-16(21-23)10-19-18(25)8-14(3)20-15(4)24/h9,13-14H,5-8,10-12H2,1-4H3,(H,19,25)(H,20,24)/t14-/m0/s1. The van der Waals surface area contributed by atoms with Crippen LogP contribution in [0.1, 0.15) is 51.9 Å². The number of rotatable bonds is 7. The van der Waals surface area contributed by atoms with Gasteiger partial charge in [0.1, 0.15) is 0 Å².